The number of hydrogen-bond donors (Lipinski definition) is 2. The number of fused-ring (bicyclic) bond motifs is 6. The molecule has 4 heterocycles. The van der Waals surface area contributed by atoms with E-state index in [-0.39, 0.29) is 6.04 Å². The van der Waals surface area contributed by atoms with Crippen LogP contribution in [0.1, 0.15) is 32.1 Å². The molecule has 0 aromatic heterocycles. The molecule has 4 aliphatic rings. The average Bonchev–Trinajstić information content (AvgIpc) is 2.44. The van der Waals surface area contributed by atoms with E-state index >= 15 is 0 Å². The van der Waals surface area contributed by atoms with Crippen LogP contribution < -0.4 is 0 Å². The fourth-order valence-corrected chi connectivity index (χ4v) is 5.14. The summed E-state index contributed by atoms with van der Waals surface area (Å²) in [5.41, 5.74) is 0. The predicted molar refractivity (Wildman–Crippen MR) is 72.9 cm³/mol. The van der Waals surface area contributed by atoms with E-state index in [0.29, 0.717) is 36.6 Å². The maximum atomic E-state index is 12.2. The summed E-state index contributed by atoms with van der Waals surface area (Å²) in [6.45, 7) is 2.65. The Labute approximate surface area is 119 Å². The van der Waals surface area contributed by atoms with E-state index in [9.17, 15) is 15.0 Å². The minimum Gasteiger partial charge on any atom is -0.390 e. The molecule has 4 saturated heterocycles. The van der Waals surface area contributed by atoms with E-state index in [1.165, 1.54) is 0 Å². The Hall–Kier alpha value is -0.650. The SMILES string of the molecule is O=C1CCC[C@@H]2[C@H]3C[C@H](CN12)[C@@H]1[C@H](O)[C@@H](O)CCN1C3. The van der Waals surface area contributed by atoms with Gasteiger partial charge in [0, 0.05) is 38.1 Å². The number of nitrogens with zero attached hydrogens (tertiary/aromatic N) is 2. The molecule has 4 fully saturated rings. The highest BCUT2D eigenvalue weighted by atomic mass is 16.3. The quantitative estimate of drug-likeness (QED) is 0.646. The molecule has 0 spiro atoms. The molecule has 4 rings (SSSR count). The van der Waals surface area contributed by atoms with Gasteiger partial charge in [-0.2, -0.15) is 0 Å². The Morgan fingerprint density at radius 1 is 1.10 bits per heavy atom. The maximum Gasteiger partial charge on any atom is 0.222 e. The van der Waals surface area contributed by atoms with Crippen LogP contribution in [0.5, 0.6) is 0 Å². The number of rotatable bonds is 0. The lowest BCUT2D eigenvalue weighted by Crippen LogP contribution is -2.69. The fourth-order valence-electron chi connectivity index (χ4n) is 5.14. The van der Waals surface area contributed by atoms with Gasteiger partial charge in [-0.3, -0.25) is 9.69 Å². The van der Waals surface area contributed by atoms with Crippen molar-refractivity contribution in [3.63, 3.8) is 0 Å². The van der Waals surface area contributed by atoms with Crippen LogP contribution in [0.4, 0.5) is 0 Å². The molecule has 0 aliphatic carbocycles. The highest BCUT2D eigenvalue weighted by Crippen LogP contribution is 2.43. The lowest BCUT2D eigenvalue weighted by Gasteiger charge is -2.58. The summed E-state index contributed by atoms with van der Waals surface area (Å²) >= 11 is 0. The van der Waals surface area contributed by atoms with Crippen LogP contribution in [0.3, 0.4) is 0 Å². The van der Waals surface area contributed by atoms with Crippen LogP contribution in [-0.2, 0) is 4.79 Å². The van der Waals surface area contributed by atoms with Crippen molar-refractivity contribution >= 4 is 5.91 Å². The third-order valence-electron chi connectivity index (χ3n) is 6.02. The molecular weight excluding hydrogens is 256 g/mol. The normalized spacial score (nSPS) is 48.7. The van der Waals surface area contributed by atoms with Crippen molar-refractivity contribution in [1.29, 1.82) is 0 Å². The van der Waals surface area contributed by atoms with E-state index in [1.54, 1.807) is 0 Å². The van der Waals surface area contributed by atoms with Gasteiger partial charge < -0.3 is 15.1 Å². The maximum absolute atomic E-state index is 12.2. The van der Waals surface area contributed by atoms with Crippen molar-refractivity contribution in [2.24, 2.45) is 11.8 Å². The van der Waals surface area contributed by atoms with Gasteiger partial charge in [0.05, 0.1) is 12.2 Å². The first-order valence-electron chi connectivity index (χ1n) is 8.05. The van der Waals surface area contributed by atoms with Crippen molar-refractivity contribution in [1.82, 2.24) is 9.80 Å². The summed E-state index contributed by atoms with van der Waals surface area (Å²) in [6, 6.07) is 0.475. The highest BCUT2D eigenvalue weighted by molar-refractivity contribution is 5.77. The van der Waals surface area contributed by atoms with Crippen LogP contribution in [0.25, 0.3) is 0 Å². The second-order valence-electron chi connectivity index (χ2n) is 7.09. The Bertz CT molecular complexity index is 416. The molecule has 5 nitrogen and oxygen atoms in total. The smallest absolute Gasteiger partial charge is 0.222 e. The van der Waals surface area contributed by atoms with Crippen LogP contribution in [-0.4, -0.2) is 69.8 Å². The van der Waals surface area contributed by atoms with E-state index in [0.717, 1.165) is 38.9 Å². The molecule has 2 N–H and O–H groups in total. The zero-order chi connectivity index (χ0) is 13.9. The van der Waals surface area contributed by atoms with Gasteiger partial charge in [0.1, 0.15) is 0 Å². The fraction of sp³-hybridized carbons (Fsp3) is 0.933. The van der Waals surface area contributed by atoms with Gasteiger partial charge in [-0.25, -0.2) is 0 Å². The monoisotopic (exact) mass is 280 g/mol. The standard InChI is InChI=1S/C15H24N2O3/c18-12-4-5-16-7-9-6-10(14(16)15(12)20)8-17-11(9)2-1-3-13(17)19/h9-12,14-15,18,20H,1-8H2/t9-,10+,11+,12-,14+,15+/m0/s1. The van der Waals surface area contributed by atoms with Gasteiger partial charge in [0.15, 0.2) is 0 Å². The minimum absolute atomic E-state index is 0.0469. The summed E-state index contributed by atoms with van der Waals surface area (Å²) in [4.78, 5) is 16.6. The zero-order valence-corrected chi connectivity index (χ0v) is 11.8. The molecule has 0 aromatic rings. The molecule has 2 bridgehead atoms. The van der Waals surface area contributed by atoms with Crippen molar-refractivity contribution in [3.8, 4) is 0 Å². The molecule has 1 amide bonds. The summed E-state index contributed by atoms with van der Waals surface area (Å²) in [5.74, 6) is 1.20. The minimum atomic E-state index is -0.647. The van der Waals surface area contributed by atoms with Crippen molar-refractivity contribution in [2.45, 2.75) is 56.4 Å². The summed E-state index contributed by atoms with van der Waals surface area (Å²) in [5, 5.41) is 20.3. The molecule has 0 radical (unpaired) electrons. The summed E-state index contributed by atoms with van der Waals surface area (Å²) in [6.07, 6.45) is 3.41. The molecular formula is C15H24N2O3. The second-order valence-corrected chi connectivity index (χ2v) is 7.09. The molecule has 0 unspecified atom stereocenters. The predicted octanol–water partition coefficient (Wildman–Crippen LogP) is -0.187. The molecule has 0 aromatic carbocycles. The Kier molecular flexibility index (Phi) is 3.05. The molecule has 4 aliphatic heterocycles. The number of hydrogen-bond acceptors (Lipinski definition) is 4. The topological polar surface area (TPSA) is 64.0 Å². The first kappa shape index (κ1) is 13.0. The van der Waals surface area contributed by atoms with Gasteiger partial charge in [0.2, 0.25) is 5.91 Å². The van der Waals surface area contributed by atoms with Gasteiger partial charge in [-0.05, 0) is 37.5 Å². The average molecular weight is 280 g/mol. The van der Waals surface area contributed by atoms with Crippen LogP contribution in [0.15, 0.2) is 0 Å². The van der Waals surface area contributed by atoms with E-state index in [4.69, 9.17) is 0 Å². The van der Waals surface area contributed by atoms with Crippen molar-refractivity contribution in [3.05, 3.63) is 0 Å². The number of carbonyl (C=O) groups is 1. The number of carbonyl (C=O) groups excluding carboxylic acids is 1. The number of aliphatic hydroxyl groups is 2. The third-order valence-corrected chi connectivity index (χ3v) is 6.02. The van der Waals surface area contributed by atoms with E-state index < -0.39 is 12.2 Å². The largest absolute Gasteiger partial charge is 0.390 e. The van der Waals surface area contributed by atoms with Crippen LogP contribution >= 0.6 is 0 Å². The lowest BCUT2D eigenvalue weighted by atomic mass is 9.70. The summed E-state index contributed by atoms with van der Waals surface area (Å²) in [7, 11) is 0. The third kappa shape index (κ3) is 1.83. The van der Waals surface area contributed by atoms with Crippen molar-refractivity contribution in [2.75, 3.05) is 19.6 Å². The van der Waals surface area contributed by atoms with Crippen molar-refractivity contribution < 1.29 is 15.0 Å². The second kappa shape index (κ2) is 4.68. The Balaban J connectivity index is 1.61. The van der Waals surface area contributed by atoms with Gasteiger partial charge in [0.25, 0.3) is 0 Å². The van der Waals surface area contributed by atoms with Gasteiger partial charge in [-0.15, -0.1) is 0 Å². The highest BCUT2D eigenvalue weighted by Gasteiger charge is 2.51. The first-order chi connectivity index (χ1) is 9.65. The number of piperidine rings is 4. The molecule has 112 valence electrons. The Morgan fingerprint density at radius 3 is 2.80 bits per heavy atom. The molecule has 5 heteroatoms. The van der Waals surface area contributed by atoms with Crippen LogP contribution in [0, 0.1) is 11.8 Å². The molecule has 6 atom stereocenters. The molecule has 0 saturated carbocycles. The van der Waals surface area contributed by atoms with Gasteiger partial charge >= 0.3 is 0 Å². The van der Waals surface area contributed by atoms with Gasteiger partial charge in [-0.1, -0.05) is 0 Å². The van der Waals surface area contributed by atoms with Crippen LogP contribution in [0.2, 0.25) is 0 Å². The lowest BCUT2D eigenvalue weighted by molar-refractivity contribution is -0.163. The number of amides is 1. The van der Waals surface area contributed by atoms with E-state index in [2.05, 4.69) is 9.80 Å². The number of aliphatic hydroxyl groups excluding tert-OH is 2. The summed E-state index contributed by atoms with van der Waals surface area (Å²) < 4.78 is 0. The first-order valence-corrected chi connectivity index (χ1v) is 8.05. The zero-order valence-electron chi connectivity index (χ0n) is 11.8. The molecule has 20 heavy (non-hydrogen) atoms. The Morgan fingerprint density at radius 2 is 1.95 bits per heavy atom. The van der Waals surface area contributed by atoms with E-state index in [1.807, 2.05) is 0 Å².